The molecule has 0 spiro atoms. The van der Waals surface area contributed by atoms with E-state index >= 15 is 0 Å². The molecule has 0 aliphatic heterocycles. The molecule has 7 nitrogen and oxygen atoms in total. The van der Waals surface area contributed by atoms with Crippen LogP contribution in [0.15, 0.2) is 46.3 Å². The van der Waals surface area contributed by atoms with Crippen molar-refractivity contribution in [2.24, 2.45) is 0 Å². The quantitative estimate of drug-likeness (QED) is 0.503. The summed E-state index contributed by atoms with van der Waals surface area (Å²) in [5.41, 5.74) is 2.35. The monoisotopic (exact) mass is 446 g/mol. The van der Waals surface area contributed by atoms with Gasteiger partial charge in [0.2, 0.25) is 5.82 Å². The van der Waals surface area contributed by atoms with E-state index in [4.69, 9.17) is 21.1 Å². The standard InChI is InChI=1S/C21H23ClN4O3S/c1-5-26-20(27)19(23-16-8-6-7-15(22)13(16)2)24-25-21(26)30-12-14-9-10-17(28-3)18(11-14)29-4/h6-11H,5,12H2,1-4H3,(H,23,24). The lowest BCUT2D eigenvalue weighted by molar-refractivity contribution is 0.354. The zero-order chi connectivity index (χ0) is 21.7. The molecule has 0 radical (unpaired) electrons. The van der Waals surface area contributed by atoms with E-state index in [0.717, 1.165) is 16.8 Å². The van der Waals surface area contributed by atoms with Crippen LogP contribution in [0.2, 0.25) is 5.02 Å². The fourth-order valence-electron chi connectivity index (χ4n) is 2.86. The first-order chi connectivity index (χ1) is 14.5. The van der Waals surface area contributed by atoms with Crippen LogP contribution < -0.4 is 20.3 Å². The van der Waals surface area contributed by atoms with E-state index in [0.29, 0.717) is 34.0 Å². The highest BCUT2D eigenvalue weighted by Gasteiger charge is 2.14. The molecular weight excluding hydrogens is 424 g/mol. The number of rotatable bonds is 8. The van der Waals surface area contributed by atoms with Crippen molar-refractivity contribution >= 4 is 34.9 Å². The number of hydrogen-bond donors (Lipinski definition) is 1. The number of nitrogens with one attached hydrogen (secondary N) is 1. The van der Waals surface area contributed by atoms with Crippen LogP contribution in [0.5, 0.6) is 11.5 Å². The highest BCUT2D eigenvalue weighted by Crippen LogP contribution is 2.30. The van der Waals surface area contributed by atoms with Gasteiger partial charge in [0.1, 0.15) is 0 Å². The summed E-state index contributed by atoms with van der Waals surface area (Å²) in [5.74, 6) is 2.10. The number of nitrogens with zero attached hydrogens (tertiary/aromatic N) is 3. The van der Waals surface area contributed by atoms with Crippen LogP contribution in [-0.2, 0) is 12.3 Å². The van der Waals surface area contributed by atoms with E-state index in [-0.39, 0.29) is 11.4 Å². The van der Waals surface area contributed by atoms with Crippen molar-refractivity contribution in [2.45, 2.75) is 31.3 Å². The Labute approximate surface area is 184 Å². The second kappa shape index (κ2) is 9.86. The minimum absolute atomic E-state index is 0.165. The van der Waals surface area contributed by atoms with E-state index in [2.05, 4.69) is 15.5 Å². The first-order valence-electron chi connectivity index (χ1n) is 9.31. The zero-order valence-electron chi connectivity index (χ0n) is 17.2. The number of methoxy groups -OCH3 is 2. The van der Waals surface area contributed by atoms with Crippen LogP contribution in [-0.4, -0.2) is 29.0 Å². The molecule has 0 saturated heterocycles. The maximum absolute atomic E-state index is 12.9. The first kappa shape index (κ1) is 22.0. The third-order valence-corrected chi connectivity index (χ3v) is 6.01. The Morgan fingerprint density at radius 1 is 1.13 bits per heavy atom. The number of hydrogen-bond acceptors (Lipinski definition) is 7. The summed E-state index contributed by atoms with van der Waals surface area (Å²) in [5, 5.41) is 12.6. The average Bonchev–Trinajstić information content (AvgIpc) is 2.76. The predicted octanol–water partition coefficient (Wildman–Crippen LogP) is 4.67. The van der Waals surface area contributed by atoms with Crippen LogP contribution in [0.25, 0.3) is 0 Å². The van der Waals surface area contributed by atoms with Gasteiger partial charge in [0.15, 0.2) is 16.7 Å². The molecule has 0 aliphatic rings. The van der Waals surface area contributed by atoms with Crippen molar-refractivity contribution in [1.29, 1.82) is 0 Å². The number of ether oxygens (including phenoxy) is 2. The van der Waals surface area contributed by atoms with Crippen LogP contribution in [0.4, 0.5) is 11.5 Å². The third kappa shape index (κ3) is 4.71. The normalized spacial score (nSPS) is 10.7. The fourth-order valence-corrected chi connectivity index (χ4v) is 3.97. The van der Waals surface area contributed by atoms with Crippen molar-refractivity contribution < 1.29 is 9.47 Å². The SMILES string of the molecule is CCn1c(SCc2ccc(OC)c(OC)c2)nnc(Nc2cccc(Cl)c2C)c1=O. The third-order valence-electron chi connectivity index (χ3n) is 4.57. The Hall–Kier alpha value is -2.71. The molecule has 3 aromatic rings. The summed E-state index contributed by atoms with van der Waals surface area (Å²) < 4.78 is 12.2. The van der Waals surface area contributed by atoms with E-state index in [1.165, 1.54) is 11.8 Å². The van der Waals surface area contributed by atoms with Crippen LogP contribution in [0, 0.1) is 6.92 Å². The van der Waals surface area contributed by atoms with Crippen LogP contribution in [0.1, 0.15) is 18.1 Å². The van der Waals surface area contributed by atoms with Gasteiger partial charge in [-0.15, -0.1) is 10.2 Å². The molecule has 0 fully saturated rings. The molecule has 3 rings (SSSR count). The topological polar surface area (TPSA) is 78.3 Å². The van der Waals surface area contributed by atoms with Crippen LogP contribution >= 0.6 is 23.4 Å². The van der Waals surface area contributed by atoms with Crippen molar-refractivity contribution in [1.82, 2.24) is 14.8 Å². The van der Waals surface area contributed by atoms with Gasteiger partial charge in [0, 0.05) is 23.0 Å². The molecule has 1 N–H and O–H groups in total. The van der Waals surface area contributed by atoms with E-state index in [9.17, 15) is 4.79 Å². The van der Waals surface area contributed by atoms with Gasteiger partial charge in [-0.05, 0) is 49.2 Å². The van der Waals surface area contributed by atoms with Gasteiger partial charge >= 0.3 is 0 Å². The zero-order valence-corrected chi connectivity index (χ0v) is 18.8. The summed E-state index contributed by atoms with van der Waals surface area (Å²) >= 11 is 7.60. The summed E-state index contributed by atoms with van der Waals surface area (Å²) in [7, 11) is 3.20. The minimum atomic E-state index is -0.235. The van der Waals surface area contributed by atoms with Gasteiger partial charge in [-0.25, -0.2) is 0 Å². The Balaban J connectivity index is 1.82. The largest absolute Gasteiger partial charge is 0.493 e. The molecule has 0 saturated carbocycles. The van der Waals surface area contributed by atoms with Gasteiger partial charge < -0.3 is 14.8 Å². The van der Waals surface area contributed by atoms with Crippen molar-refractivity contribution in [3.8, 4) is 11.5 Å². The molecule has 0 atom stereocenters. The number of anilines is 2. The molecule has 0 amide bonds. The summed E-state index contributed by atoms with van der Waals surface area (Å²) in [6.07, 6.45) is 0. The summed E-state index contributed by atoms with van der Waals surface area (Å²) in [6, 6.07) is 11.2. The number of halogens is 1. The van der Waals surface area contributed by atoms with Crippen LogP contribution in [0.3, 0.4) is 0 Å². The fraction of sp³-hybridized carbons (Fsp3) is 0.286. The van der Waals surface area contributed by atoms with E-state index in [1.54, 1.807) is 24.9 Å². The van der Waals surface area contributed by atoms with Crippen molar-refractivity contribution in [3.63, 3.8) is 0 Å². The lowest BCUT2D eigenvalue weighted by Gasteiger charge is -2.13. The van der Waals surface area contributed by atoms with Gasteiger partial charge in [0.25, 0.3) is 5.56 Å². The Kier molecular flexibility index (Phi) is 7.23. The lowest BCUT2D eigenvalue weighted by Crippen LogP contribution is -2.26. The Morgan fingerprint density at radius 3 is 2.60 bits per heavy atom. The molecule has 2 aromatic carbocycles. The number of aromatic nitrogens is 3. The summed E-state index contributed by atoms with van der Waals surface area (Å²) in [6.45, 7) is 4.26. The van der Waals surface area contributed by atoms with Crippen molar-refractivity contribution in [3.05, 3.63) is 62.9 Å². The smallest absolute Gasteiger partial charge is 0.297 e. The van der Waals surface area contributed by atoms with Crippen molar-refractivity contribution in [2.75, 3.05) is 19.5 Å². The molecule has 0 bridgehead atoms. The molecule has 158 valence electrons. The lowest BCUT2D eigenvalue weighted by atomic mass is 10.2. The highest BCUT2D eigenvalue weighted by atomic mass is 35.5. The Morgan fingerprint density at radius 2 is 1.90 bits per heavy atom. The van der Waals surface area contributed by atoms with E-state index < -0.39 is 0 Å². The second-order valence-corrected chi connectivity index (χ2v) is 7.75. The number of benzene rings is 2. The van der Waals surface area contributed by atoms with E-state index in [1.807, 2.05) is 44.2 Å². The first-order valence-corrected chi connectivity index (χ1v) is 10.7. The molecule has 1 aromatic heterocycles. The van der Waals surface area contributed by atoms with Gasteiger partial charge in [0.05, 0.1) is 14.2 Å². The molecule has 30 heavy (non-hydrogen) atoms. The number of thioether (sulfide) groups is 1. The molecular formula is C21H23ClN4O3S. The van der Waals surface area contributed by atoms with Gasteiger partial charge in [-0.2, -0.15) is 0 Å². The Bertz CT molecular complexity index is 1100. The second-order valence-electron chi connectivity index (χ2n) is 6.40. The predicted molar refractivity (Wildman–Crippen MR) is 121 cm³/mol. The average molecular weight is 447 g/mol. The molecule has 1 heterocycles. The molecule has 9 heteroatoms. The summed E-state index contributed by atoms with van der Waals surface area (Å²) in [4.78, 5) is 12.9. The highest BCUT2D eigenvalue weighted by molar-refractivity contribution is 7.98. The minimum Gasteiger partial charge on any atom is -0.493 e. The van der Waals surface area contributed by atoms with Gasteiger partial charge in [-0.3, -0.25) is 9.36 Å². The molecule has 0 unspecified atom stereocenters. The maximum Gasteiger partial charge on any atom is 0.297 e. The molecule has 0 aliphatic carbocycles. The maximum atomic E-state index is 12.9. The van der Waals surface area contributed by atoms with Gasteiger partial charge in [-0.1, -0.05) is 35.5 Å².